The molecule has 12 rings (SSSR count). The van der Waals surface area contributed by atoms with Gasteiger partial charge in [0.15, 0.2) is 0 Å². The Morgan fingerprint density at radius 2 is 0.635 bits per heavy atom. The predicted octanol–water partition coefficient (Wildman–Crippen LogP) is 17.4. The van der Waals surface area contributed by atoms with E-state index >= 15 is 0 Å². The van der Waals surface area contributed by atoms with E-state index in [-0.39, 0.29) is 0 Å². The molecule has 1 nitrogen and oxygen atoms in total. The molecular formula is C62H41N. The van der Waals surface area contributed by atoms with Gasteiger partial charge in [0.1, 0.15) is 0 Å². The summed E-state index contributed by atoms with van der Waals surface area (Å²) in [6, 6.07) is 90.7. The average molecular weight is 800 g/mol. The van der Waals surface area contributed by atoms with Crippen LogP contribution in [0.25, 0.3) is 99.4 Å². The minimum Gasteiger partial charge on any atom is -0.310 e. The van der Waals surface area contributed by atoms with Crippen LogP contribution in [0.1, 0.15) is 0 Å². The van der Waals surface area contributed by atoms with E-state index in [9.17, 15) is 0 Å². The molecule has 0 spiro atoms. The van der Waals surface area contributed by atoms with E-state index in [1.54, 1.807) is 0 Å². The first-order valence-electron chi connectivity index (χ1n) is 21.8. The Bertz CT molecular complexity index is 3450. The Labute approximate surface area is 368 Å². The third kappa shape index (κ3) is 6.33. The molecule has 0 saturated carbocycles. The number of rotatable bonds is 8. The second-order valence-corrected chi connectivity index (χ2v) is 16.4. The molecule has 0 amide bonds. The van der Waals surface area contributed by atoms with Crippen molar-refractivity contribution in [2.75, 3.05) is 4.90 Å². The van der Waals surface area contributed by atoms with Gasteiger partial charge in [-0.05, 0) is 137 Å². The Balaban J connectivity index is 1.05. The van der Waals surface area contributed by atoms with Crippen molar-refractivity contribution in [1.29, 1.82) is 0 Å². The van der Waals surface area contributed by atoms with Crippen LogP contribution in [0.2, 0.25) is 0 Å². The van der Waals surface area contributed by atoms with Crippen molar-refractivity contribution in [3.05, 3.63) is 249 Å². The van der Waals surface area contributed by atoms with Crippen LogP contribution in [-0.4, -0.2) is 0 Å². The number of hydrogen-bond donors (Lipinski definition) is 0. The highest BCUT2D eigenvalue weighted by molar-refractivity contribution is 6.26. The van der Waals surface area contributed by atoms with Crippen molar-refractivity contribution in [2.45, 2.75) is 0 Å². The van der Waals surface area contributed by atoms with Crippen molar-refractivity contribution >= 4 is 38.6 Å². The normalized spacial score (nSPS) is 11.5. The number of benzene rings is 11. The highest BCUT2D eigenvalue weighted by Crippen LogP contribution is 2.60. The highest BCUT2D eigenvalue weighted by Gasteiger charge is 2.33. The van der Waals surface area contributed by atoms with Crippen molar-refractivity contribution in [2.24, 2.45) is 0 Å². The molecule has 0 atom stereocenters. The van der Waals surface area contributed by atoms with Gasteiger partial charge in [0.25, 0.3) is 0 Å². The third-order valence-corrected chi connectivity index (χ3v) is 12.8. The first-order valence-corrected chi connectivity index (χ1v) is 21.8. The van der Waals surface area contributed by atoms with E-state index in [1.807, 2.05) is 0 Å². The minimum atomic E-state index is 1.10. The van der Waals surface area contributed by atoms with Crippen molar-refractivity contribution in [3.63, 3.8) is 0 Å². The Hall–Kier alpha value is -8.26. The van der Waals surface area contributed by atoms with Gasteiger partial charge >= 0.3 is 0 Å². The van der Waals surface area contributed by atoms with Gasteiger partial charge in [-0.1, -0.05) is 206 Å². The zero-order chi connectivity index (χ0) is 41.7. The standard InChI is InChI=1S/C62H41N/c1-5-17-42(18-6-1)44-31-33-46(34-32-44)49-25-15-27-52(39-49)63(51-37-35-45(36-38-51)43-19-7-2-8-20-43)58-30-16-26-50-40-56-57(41-55(50)58)62-60(48-23-11-4-12-24-48)54-29-14-13-28-53(54)59(61(56)62)47-21-9-3-10-22-47/h1-41H. The predicted molar refractivity (Wildman–Crippen MR) is 268 cm³/mol. The zero-order valence-electron chi connectivity index (χ0n) is 34.6. The summed E-state index contributed by atoms with van der Waals surface area (Å²) in [5, 5.41) is 4.97. The van der Waals surface area contributed by atoms with E-state index in [0.29, 0.717) is 0 Å². The maximum atomic E-state index is 2.47. The van der Waals surface area contributed by atoms with Crippen molar-refractivity contribution < 1.29 is 0 Å². The Morgan fingerprint density at radius 3 is 1.17 bits per heavy atom. The summed E-state index contributed by atoms with van der Waals surface area (Å²) in [4.78, 5) is 2.44. The smallest absolute Gasteiger partial charge is 0.0540 e. The summed E-state index contributed by atoms with van der Waals surface area (Å²) in [7, 11) is 0. The van der Waals surface area contributed by atoms with Crippen LogP contribution >= 0.6 is 0 Å². The molecule has 0 N–H and O–H groups in total. The molecule has 294 valence electrons. The lowest BCUT2D eigenvalue weighted by Gasteiger charge is -2.33. The summed E-state index contributed by atoms with van der Waals surface area (Å²) in [5.41, 5.74) is 20.8. The molecule has 0 bridgehead atoms. The lowest BCUT2D eigenvalue weighted by molar-refractivity contribution is 1.30. The SMILES string of the molecule is c1ccc(-c2ccc(-c3cccc(N(c4ccc(-c5ccccc5)cc4)c4cccc5cc6c(cc45)-c4c-6c(-c5ccccc5)c5ccccc5c4-c4ccccc4)c3)cc2)cc1. The lowest BCUT2D eigenvalue weighted by Crippen LogP contribution is -2.11. The van der Waals surface area contributed by atoms with Gasteiger partial charge in [-0.25, -0.2) is 0 Å². The monoisotopic (exact) mass is 799 g/mol. The van der Waals surface area contributed by atoms with E-state index in [4.69, 9.17) is 0 Å². The van der Waals surface area contributed by atoms with Gasteiger partial charge in [0.05, 0.1) is 5.69 Å². The maximum Gasteiger partial charge on any atom is 0.0540 e. The van der Waals surface area contributed by atoms with Crippen LogP contribution < -0.4 is 4.90 Å². The molecule has 63 heavy (non-hydrogen) atoms. The van der Waals surface area contributed by atoms with Crippen LogP contribution in [0.5, 0.6) is 0 Å². The molecule has 0 fully saturated rings. The second kappa shape index (κ2) is 15.3. The molecule has 1 aliphatic carbocycles. The Morgan fingerprint density at radius 1 is 0.222 bits per heavy atom. The topological polar surface area (TPSA) is 3.24 Å². The fourth-order valence-corrected chi connectivity index (χ4v) is 9.81. The van der Waals surface area contributed by atoms with E-state index in [1.165, 1.54) is 99.4 Å². The van der Waals surface area contributed by atoms with Gasteiger partial charge in [-0.15, -0.1) is 0 Å². The number of hydrogen-bond acceptors (Lipinski definition) is 1. The number of fused-ring (bicyclic) bond motifs is 6. The molecule has 11 aromatic carbocycles. The first-order chi connectivity index (χ1) is 31.3. The molecule has 0 heterocycles. The van der Waals surface area contributed by atoms with Crippen LogP contribution in [0.15, 0.2) is 249 Å². The summed E-state index contributed by atoms with van der Waals surface area (Å²) in [6.45, 7) is 0. The summed E-state index contributed by atoms with van der Waals surface area (Å²) in [6.07, 6.45) is 0. The largest absolute Gasteiger partial charge is 0.310 e. The molecular weight excluding hydrogens is 759 g/mol. The van der Waals surface area contributed by atoms with Crippen molar-refractivity contribution in [1.82, 2.24) is 0 Å². The van der Waals surface area contributed by atoms with Gasteiger partial charge in [0, 0.05) is 16.8 Å². The average Bonchev–Trinajstić information content (AvgIpc) is 3.36. The number of anilines is 3. The minimum absolute atomic E-state index is 1.10. The maximum absolute atomic E-state index is 2.47. The second-order valence-electron chi connectivity index (χ2n) is 16.4. The van der Waals surface area contributed by atoms with Crippen LogP contribution in [-0.2, 0) is 0 Å². The highest BCUT2D eigenvalue weighted by atomic mass is 15.1. The van der Waals surface area contributed by atoms with E-state index in [0.717, 1.165) is 17.1 Å². The van der Waals surface area contributed by atoms with E-state index < -0.39 is 0 Å². The van der Waals surface area contributed by atoms with Crippen LogP contribution in [0.3, 0.4) is 0 Å². The Kier molecular flexibility index (Phi) is 8.90. The molecule has 11 aromatic rings. The third-order valence-electron chi connectivity index (χ3n) is 12.8. The van der Waals surface area contributed by atoms with Gasteiger partial charge in [-0.2, -0.15) is 0 Å². The fraction of sp³-hybridized carbons (Fsp3) is 0. The molecule has 0 saturated heterocycles. The van der Waals surface area contributed by atoms with Gasteiger partial charge in [-0.3, -0.25) is 0 Å². The fourth-order valence-electron chi connectivity index (χ4n) is 9.81. The van der Waals surface area contributed by atoms with E-state index in [2.05, 4.69) is 254 Å². The molecule has 0 aromatic heterocycles. The lowest BCUT2D eigenvalue weighted by atomic mass is 9.70. The van der Waals surface area contributed by atoms with Crippen molar-refractivity contribution in [3.8, 4) is 77.9 Å². The number of nitrogens with zero attached hydrogens (tertiary/aromatic N) is 1. The summed E-state index contributed by atoms with van der Waals surface area (Å²) in [5.74, 6) is 0. The summed E-state index contributed by atoms with van der Waals surface area (Å²) < 4.78 is 0. The quantitative estimate of drug-likeness (QED) is 0.148. The molecule has 0 radical (unpaired) electrons. The first kappa shape index (κ1) is 36.6. The van der Waals surface area contributed by atoms with Gasteiger partial charge in [0.2, 0.25) is 0 Å². The molecule has 1 heteroatoms. The van der Waals surface area contributed by atoms with Crippen LogP contribution in [0.4, 0.5) is 17.1 Å². The molecule has 0 unspecified atom stereocenters. The molecule has 1 aliphatic rings. The van der Waals surface area contributed by atoms with Crippen LogP contribution in [0, 0.1) is 0 Å². The summed E-state index contributed by atoms with van der Waals surface area (Å²) >= 11 is 0. The zero-order valence-corrected chi connectivity index (χ0v) is 34.6. The van der Waals surface area contributed by atoms with Gasteiger partial charge < -0.3 is 4.90 Å². The molecule has 0 aliphatic heterocycles.